The molecule has 0 fully saturated rings. The lowest BCUT2D eigenvalue weighted by Gasteiger charge is -2.30. The molecule has 1 amide bonds. The Morgan fingerprint density at radius 3 is 2.23 bits per heavy atom. The lowest BCUT2D eigenvalue weighted by Crippen LogP contribution is -2.39. The molecule has 2 rings (SSSR count). The van der Waals surface area contributed by atoms with Crippen molar-refractivity contribution in [3.63, 3.8) is 0 Å². The van der Waals surface area contributed by atoms with Crippen molar-refractivity contribution >= 4 is 30.6 Å². The van der Waals surface area contributed by atoms with Gasteiger partial charge in [-0.15, -0.1) is 0 Å². The number of rotatable bonds is 5. The fraction of sp³-hybridized carbons (Fsp3) is 0.316. The molecule has 2 aromatic rings. The summed E-state index contributed by atoms with van der Waals surface area (Å²) in [5, 5.41) is 1.86. The third-order valence-electron chi connectivity index (χ3n) is 4.65. The first kappa shape index (κ1) is 24.5. The van der Waals surface area contributed by atoms with Crippen molar-refractivity contribution < 1.29 is 39.9 Å². The summed E-state index contributed by atoms with van der Waals surface area (Å²) < 4.78 is 110. The van der Waals surface area contributed by atoms with Crippen LogP contribution in [0.25, 0.3) is 0 Å². The van der Waals surface area contributed by atoms with Crippen molar-refractivity contribution in [2.75, 3.05) is 11.1 Å². The molecule has 0 aliphatic carbocycles. The highest BCUT2D eigenvalue weighted by molar-refractivity contribution is 6.37. The van der Waals surface area contributed by atoms with Gasteiger partial charge in [-0.1, -0.05) is 30.9 Å². The van der Waals surface area contributed by atoms with Crippen LogP contribution in [-0.4, -0.2) is 19.9 Å². The van der Waals surface area contributed by atoms with Gasteiger partial charge < -0.3 is 11.1 Å². The lowest BCUT2D eigenvalue weighted by molar-refractivity contribution is -0.238. The minimum absolute atomic E-state index is 0.0154. The summed E-state index contributed by atoms with van der Waals surface area (Å²) in [5.74, 6) is -2.48. The van der Waals surface area contributed by atoms with Crippen molar-refractivity contribution in [2.24, 2.45) is 0 Å². The van der Waals surface area contributed by atoms with Crippen LogP contribution >= 0.6 is 0 Å². The Morgan fingerprint density at radius 2 is 1.71 bits per heavy atom. The Labute approximate surface area is 173 Å². The Bertz CT molecular complexity index is 990. The number of alkyl halides is 7. The standard InChI is InChI=1S/C19H17BF8N2O/c1-2-6-17(22,19(26,27)28)9-7-11(18(23,24)25)15(12(20)8-9)30-16(31)10-4-3-5-13(29)14(10)21/h3-5,7-8H,2,6,20,29H2,1H3,(H,30,31). The summed E-state index contributed by atoms with van der Waals surface area (Å²) in [4.78, 5) is 12.3. The largest absolute Gasteiger partial charge is 0.426 e. The zero-order valence-corrected chi connectivity index (χ0v) is 16.3. The maximum absolute atomic E-state index is 14.9. The number of anilines is 2. The van der Waals surface area contributed by atoms with Crippen LogP contribution in [0.3, 0.4) is 0 Å². The van der Waals surface area contributed by atoms with Crippen LogP contribution < -0.4 is 16.5 Å². The third kappa shape index (κ3) is 4.77. The first-order valence-corrected chi connectivity index (χ1v) is 8.96. The molecule has 31 heavy (non-hydrogen) atoms. The number of nitrogen functional groups attached to an aromatic ring is 1. The van der Waals surface area contributed by atoms with Gasteiger partial charge in [-0.05, 0) is 30.2 Å². The molecule has 2 aromatic carbocycles. The Balaban J connectivity index is 2.65. The maximum Gasteiger partial charge on any atom is 0.426 e. The van der Waals surface area contributed by atoms with Gasteiger partial charge in [-0.25, -0.2) is 8.78 Å². The molecular weight excluding hydrogens is 435 g/mol. The van der Waals surface area contributed by atoms with E-state index in [2.05, 4.69) is 0 Å². The van der Waals surface area contributed by atoms with Crippen molar-refractivity contribution in [3.05, 3.63) is 52.8 Å². The number of hydrogen-bond donors (Lipinski definition) is 2. The minimum Gasteiger partial charge on any atom is -0.396 e. The number of carbonyl (C=O) groups excluding carboxylic acids is 1. The SMILES string of the molecule is Bc1cc(C(F)(CCC)C(F)(F)F)cc(C(F)(F)F)c1NC(=O)c1cccc(N)c1F. The third-order valence-corrected chi connectivity index (χ3v) is 4.65. The molecule has 0 saturated heterocycles. The highest BCUT2D eigenvalue weighted by atomic mass is 19.4. The molecule has 0 aliphatic heterocycles. The second-order valence-electron chi connectivity index (χ2n) is 6.93. The van der Waals surface area contributed by atoms with Gasteiger partial charge in [0.2, 0.25) is 5.67 Å². The van der Waals surface area contributed by atoms with Crippen molar-refractivity contribution in [1.29, 1.82) is 0 Å². The van der Waals surface area contributed by atoms with Gasteiger partial charge in [0.05, 0.1) is 16.8 Å². The Hall–Kier alpha value is -2.79. The summed E-state index contributed by atoms with van der Waals surface area (Å²) >= 11 is 0. The number of halogens is 8. The van der Waals surface area contributed by atoms with Gasteiger partial charge in [0, 0.05) is 5.69 Å². The van der Waals surface area contributed by atoms with E-state index in [9.17, 15) is 39.9 Å². The topological polar surface area (TPSA) is 55.1 Å². The van der Waals surface area contributed by atoms with E-state index in [1.165, 1.54) is 13.0 Å². The minimum atomic E-state index is -5.46. The number of nitrogens with one attached hydrogen (secondary N) is 1. The molecule has 3 N–H and O–H groups in total. The van der Waals surface area contributed by atoms with E-state index >= 15 is 0 Å². The zero-order valence-electron chi connectivity index (χ0n) is 16.3. The van der Waals surface area contributed by atoms with Gasteiger partial charge in [0.25, 0.3) is 5.91 Å². The summed E-state index contributed by atoms with van der Waals surface area (Å²) in [6, 6.07) is 3.89. The van der Waals surface area contributed by atoms with Crippen LogP contribution in [0.2, 0.25) is 0 Å². The van der Waals surface area contributed by atoms with Gasteiger partial charge in [0.1, 0.15) is 7.85 Å². The highest BCUT2D eigenvalue weighted by Crippen LogP contribution is 2.47. The molecule has 168 valence electrons. The van der Waals surface area contributed by atoms with E-state index in [-0.39, 0.29) is 12.5 Å². The Morgan fingerprint density at radius 1 is 1.10 bits per heavy atom. The van der Waals surface area contributed by atoms with Gasteiger partial charge in [-0.3, -0.25) is 4.79 Å². The first-order chi connectivity index (χ1) is 14.1. The maximum atomic E-state index is 14.9. The van der Waals surface area contributed by atoms with E-state index in [1.54, 1.807) is 0 Å². The molecule has 12 heteroatoms. The molecule has 0 radical (unpaired) electrons. The van der Waals surface area contributed by atoms with E-state index in [0.717, 1.165) is 20.0 Å². The Kier molecular flexibility index (Phi) is 6.63. The van der Waals surface area contributed by atoms with Crippen LogP contribution in [0.15, 0.2) is 30.3 Å². The quantitative estimate of drug-likeness (QED) is 0.400. The van der Waals surface area contributed by atoms with Crippen LogP contribution in [0.5, 0.6) is 0 Å². The van der Waals surface area contributed by atoms with Crippen molar-refractivity contribution in [1.82, 2.24) is 0 Å². The van der Waals surface area contributed by atoms with E-state index < -0.39 is 69.7 Å². The predicted octanol–water partition coefficient (Wildman–Crippen LogP) is 4.46. The van der Waals surface area contributed by atoms with Crippen LogP contribution in [0.4, 0.5) is 46.5 Å². The number of benzene rings is 2. The van der Waals surface area contributed by atoms with E-state index in [1.807, 2.05) is 5.32 Å². The second-order valence-corrected chi connectivity index (χ2v) is 6.93. The molecule has 0 saturated carbocycles. The monoisotopic (exact) mass is 452 g/mol. The molecule has 3 nitrogen and oxygen atoms in total. The summed E-state index contributed by atoms with van der Waals surface area (Å²) in [6.45, 7) is 1.26. The van der Waals surface area contributed by atoms with Crippen molar-refractivity contribution in [3.8, 4) is 0 Å². The predicted molar refractivity (Wildman–Crippen MR) is 102 cm³/mol. The van der Waals surface area contributed by atoms with Crippen LogP contribution in [0.1, 0.15) is 41.3 Å². The molecule has 1 atom stereocenters. The lowest BCUT2D eigenvalue weighted by atomic mass is 9.82. The van der Waals surface area contributed by atoms with Crippen LogP contribution in [0, 0.1) is 5.82 Å². The van der Waals surface area contributed by atoms with Crippen molar-refractivity contribution in [2.45, 2.75) is 37.8 Å². The second kappa shape index (κ2) is 8.39. The van der Waals surface area contributed by atoms with Gasteiger partial charge in [0.15, 0.2) is 5.82 Å². The number of amides is 1. The molecular formula is C19H17BF8N2O. The first-order valence-electron chi connectivity index (χ1n) is 8.96. The zero-order chi connectivity index (χ0) is 23.8. The fourth-order valence-corrected chi connectivity index (χ4v) is 3.11. The van der Waals surface area contributed by atoms with E-state index in [0.29, 0.717) is 6.07 Å². The van der Waals surface area contributed by atoms with Gasteiger partial charge >= 0.3 is 12.4 Å². The summed E-state index contributed by atoms with van der Waals surface area (Å²) in [7, 11) is 0.979. The molecule has 1 unspecified atom stereocenters. The normalized spacial score (nSPS) is 14.2. The summed E-state index contributed by atoms with van der Waals surface area (Å²) in [5.41, 5.74) is -4.10. The van der Waals surface area contributed by atoms with E-state index in [4.69, 9.17) is 5.73 Å². The molecule has 0 bridgehead atoms. The molecule has 0 aliphatic rings. The number of carbonyl (C=O) groups is 1. The smallest absolute Gasteiger partial charge is 0.396 e. The molecule has 0 spiro atoms. The average molecular weight is 452 g/mol. The highest BCUT2D eigenvalue weighted by Gasteiger charge is 2.57. The average Bonchev–Trinajstić information content (AvgIpc) is 2.63. The molecule has 0 heterocycles. The molecule has 0 aromatic heterocycles. The van der Waals surface area contributed by atoms with Crippen LogP contribution in [-0.2, 0) is 11.8 Å². The number of hydrogen-bond acceptors (Lipinski definition) is 2. The summed E-state index contributed by atoms with van der Waals surface area (Å²) in [6.07, 6.45) is -12.1. The fourth-order valence-electron chi connectivity index (χ4n) is 3.11. The van der Waals surface area contributed by atoms with Gasteiger partial charge in [-0.2, -0.15) is 26.3 Å². The number of nitrogens with two attached hydrogens (primary N) is 1.